The third-order valence-electron chi connectivity index (χ3n) is 3.77. The summed E-state index contributed by atoms with van der Waals surface area (Å²) in [4.78, 5) is 16.6. The van der Waals surface area contributed by atoms with Gasteiger partial charge in [0, 0.05) is 23.5 Å². The quantitative estimate of drug-likeness (QED) is 0.890. The standard InChI is InChI=1S/C14H23N3OS/c1-9-8-19-13(16-9)14(2,3)17-12(18)7-10-5-4-6-11(10)15/h8,10-11H,4-7,15H2,1-3H3,(H,17,18)/t10-,11+/m0/s1. The molecular formula is C14H23N3OS. The van der Waals surface area contributed by atoms with Crippen molar-refractivity contribution < 1.29 is 4.79 Å². The van der Waals surface area contributed by atoms with E-state index in [0.29, 0.717) is 12.3 Å². The zero-order valence-electron chi connectivity index (χ0n) is 11.9. The minimum absolute atomic E-state index is 0.0835. The fraction of sp³-hybridized carbons (Fsp3) is 0.714. The van der Waals surface area contributed by atoms with Gasteiger partial charge >= 0.3 is 0 Å². The maximum Gasteiger partial charge on any atom is 0.221 e. The molecule has 0 spiro atoms. The van der Waals surface area contributed by atoms with Gasteiger partial charge in [0.15, 0.2) is 0 Å². The molecule has 1 aromatic rings. The van der Waals surface area contributed by atoms with Crippen LogP contribution in [0.15, 0.2) is 5.38 Å². The van der Waals surface area contributed by atoms with E-state index in [4.69, 9.17) is 5.73 Å². The van der Waals surface area contributed by atoms with E-state index in [1.807, 2.05) is 26.2 Å². The van der Waals surface area contributed by atoms with Gasteiger partial charge in [-0.05, 0) is 39.5 Å². The van der Waals surface area contributed by atoms with Crippen molar-refractivity contribution in [1.82, 2.24) is 10.3 Å². The summed E-state index contributed by atoms with van der Waals surface area (Å²) < 4.78 is 0. The number of carbonyl (C=O) groups excluding carboxylic acids is 1. The van der Waals surface area contributed by atoms with Gasteiger partial charge in [-0.1, -0.05) is 6.42 Å². The number of rotatable bonds is 4. The number of hydrogen-bond donors (Lipinski definition) is 2. The molecule has 1 aliphatic carbocycles. The first-order chi connectivity index (χ1) is 8.88. The molecule has 1 fully saturated rings. The zero-order valence-corrected chi connectivity index (χ0v) is 12.7. The minimum atomic E-state index is -0.404. The molecule has 5 heteroatoms. The van der Waals surface area contributed by atoms with E-state index in [-0.39, 0.29) is 11.9 Å². The van der Waals surface area contributed by atoms with Crippen LogP contribution in [0.5, 0.6) is 0 Å². The molecule has 0 radical (unpaired) electrons. The second kappa shape index (κ2) is 5.59. The van der Waals surface area contributed by atoms with Crippen LogP contribution >= 0.6 is 11.3 Å². The van der Waals surface area contributed by atoms with Crippen LogP contribution in [0, 0.1) is 12.8 Å². The molecule has 106 valence electrons. The fourth-order valence-corrected chi connectivity index (χ4v) is 3.53. The average molecular weight is 281 g/mol. The van der Waals surface area contributed by atoms with Crippen molar-refractivity contribution in [2.45, 2.75) is 58.0 Å². The van der Waals surface area contributed by atoms with Crippen LogP contribution in [-0.2, 0) is 10.3 Å². The SMILES string of the molecule is Cc1csc(C(C)(C)NC(=O)C[C@@H]2CCC[C@H]2N)n1. The Morgan fingerprint density at radius 1 is 1.58 bits per heavy atom. The topological polar surface area (TPSA) is 68.0 Å². The second-order valence-corrected chi connectivity index (χ2v) is 6.88. The Morgan fingerprint density at radius 3 is 2.84 bits per heavy atom. The number of thiazole rings is 1. The average Bonchev–Trinajstić information content (AvgIpc) is 2.88. The Kier molecular flexibility index (Phi) is 4.26. The van der Waals surface area contributed by atoms with Crippen LogP contribution < -0.4 is 11.1 Å². The third-order valence-corrected chi connectivity index (χ3v) is 5.05. The van der Waals surface area contributed by atoms with Crippen molar-refractivity contribution in [3.05, 3.63) is 16.1 Å². The number of nitrogens with one attached hydrogen (secondary N) is 1. The van der Waals surface area contributed by atoms with Gasteiger partial charge in [-0.25, -0.2) is 4.98 Å². The van der Waals surface area contributed by atoms with Crippen LogP contribution in [0.4, 0.5) is 0 Å². The number of aromatic nitrogens is 1. The van der Waals surface area contributed by atoms with Crippen LogP contribution in [0.1, 0.15) is 50.2 Å². The molecule has 1 amide bonds. The molecular weight excluding hydrogens is 258 g/mol. The summed E-state index contributed by atoms with van der Waals surface area (Å²) in [6.45, 7) is 5.96. The highest BCUT2D eigenvalue weighted by Gasteiger charge is 2.30. The second-order valence-electron chi connectivity index (χ2n) is 6.03. The molecule has 0 bridgehead atoms. The van der Waals surface area contributed by atoms with E-state index >= 15 is 0 Å². The van der Waals surface area contributed by atoms with Gasteiger partial charge in [0.2, 0.25) is 5.91 Å². The highest BCUT2D eigenvalue weighted by molar-refractivity contribution is 7.09. The summed E-state index contributed by atoms with van der Waals surface area (Å²) in [5, 5.41) is 6.05. The lowest BCUT2D eigenvalue weighted by molar-refractivity contribution is -0.123. The molecule has 0 aliphatic heterocycles. The Bertz CT molecular complexity index is 455. The summed E-state index contributed by atoms with van der Waals surface area (Å²) >= 11 is 1.59. The maximum atomic E-state index is 12.2. The predicted molar refractivity (Wildman–Crippen MR) is 78.0 cm³/mol. The lowest BCUT2D eigenvalue weighted by Crippen LogP contribution is -2.42. The van der Waals surface area contributed by atoms with E-state index in [0.717, 1.165) is 30.0 Å². The molecule has 2 rings (SSSR count). The number of carbonyl (C=O) groups is 1. The normalized spacial score (nSPS) is 23.6. The van der Waals surface area contributed by atoms with Crippen molar-refractivity contribution in [2.75, 3.05) is 0 Å². The molecule has 1 heterocycles. The largest absolute Gasteiger partial charge is 0.345 e. The predicted octanol–water partition coefficient (Wildman–Crippen LogP) is 2.32. The molecule has 1 aliphatic rings. The molecule has 0 saturated heterocycles. The first-order valence-electron chi connectivity index (χ1n) is 6.87. The fourth-order valence-electron chi connectivity index (χ4n) is 2.65. The summed E-state index contributed by atoms with van der Waals surface area (Å²) in [6, 6.07) is 0.191. The van der Waals surface area contributed by atoms with Gasteiger partial charge in [-0.2, -0.15) is 0 Å². The zero-order chi connectivity index (χ0) is 14.0. The number of aryl methyl sites for hydroxylation is 1. The van der Waals surface area contributed by atoms with Crippen molar-refractivity contribution in [1.29, 1.82) is 0 Å². The number of amides is 1. The molecule has 1 saturated carbocycles. The Hall–Kier alpha value is -0.940. The summed E-state index contributed by atoms with van der Waals surface area (Å²) in [5.74, 6) is 0.425. The van der Waals surface area contributed by atoms with Crippen molar-refractivity contribution >= 4 is 17.2 Å². The lowest BCUT2D eigenvalue weighted by Gasteiger charge is -2.25. The Balaban J connectivity index is 1.94. The van der Waals surface area contributed by atoms with Crippen LogP contribution in [-0.4, -0.2) is 16.9 Å². The molecule has 1 aromatic heterocycles. The van der Waals surface area contributed by atoms with Gasteiger partial charge in [-0.3, -0.25) is 4.79 Å². The highest BCUT2D eigenvalue weighted by atomic mass is 32.1. The smallest absolute Gasteiger partial charge is 0.221 e. The highest BCUT2D eigenvalue weighted by Crippen LogP contribution is 2.28. The van der Waals surface area contributed by atoms with Gasteiger partial charge in [0.1, 0.15) is 5.01 Å². The summed E-state index contributed by atoms with van der Waals surface area (Å²) in [7, 11) is 0. The van der Waals surface area contributed by atoms with E-state index in [2.05, 4.69) is 10.3 Å². The molecule has 0 unspecified atom stereocenters. The monoisotopic (exact) mass is 281 g/mol. The van der Waals surface area contributed by atoms with E-state index < -0.39 is 5.54 Å². The number of hydrogen-bond acceptors (Lipinski definition) is 4. The number of nitrogens with zero attached hydrogens (tertiary/aromatic N) is 1. The van der Waals surface area contributed by atoms with Crippen LogP contribution in [0.3, 0.4) is 0 Å². The number of nitrogens with two attached hydrogens (primary N) is 1. The van der Waals surface area contributed by atoms with E-state index in [9.17, 15) is 4.79 Å². The lowest BCUT2D eigenvalue weighted by atomic mass is 9.98. The molecule has 0 aromatic carbocycles. The van der Waals surface area contributed by atoms with Crippen molar-refractivity contribution in [2.24, 2.45) is 11.7 Å². The third kappa shape index (κ3) is 3.54. The Labute approximate surface area is 118 Å². The molecule has 19 heavy (non-hydrogen) atoms. The van der Waals surface area contributed by atoms with Crippen LogP contribution in [0.25, 0.3) is 0 Å². The van der Waals surface area contributed by atoms with Gasteiger partial charge in [0.05, 0.1) is 5.54 Å². The van der Waals surface area contributed by atoms with Gasteiger partial charge < -0.3 is 11.1 Å². The maximum absolute atomic E-state index is 12.2. The van der Waals surface area contributed by atoms with E-state index in [1.54, 1.807) is 11.3 Å². The minimum Gasteiger partial charge on any atom is -0.345 e. The molecule has 4 nitrogen and oxygen atoms in total. The molecule has 2 atom stereocenters. The first-order valence-corrected chi connectivity index (χ1v) is 7.75. The van der Waals surface area contributed by atoms with Crippen molar-refractivity contribution in [3.8, 4) is 0 Å². The summed E-state index contributed by atoms with van der Waals surface area (Å²) in [6.07, 6.45) is 3.81. The first kappa shape index (κ1) is 14.5. The summed E-state index contributed by atoms with van der Waals surface area (Å²) in [5.41, 5.74) is 6.61. The van der Waals surface area contributed by atoms with E-state index in [1.165, 1.54) is 0 Å². The van der Waals surface area contributed by atoms with Gasteiger partial charge in [-0.15, -0.1) is 11.3 Å². The van der Waals surface area contributed by atoms with Crippen LogP contribution in [0.2, 0.25) is 0 Å². The Morgan fingerprint density at radius 2 is 2.32 bits per heavy atom. The van der Waals surface area contributed by atoms with Gasteiger partial charge in [0.25, 0.3) is 0 Å². The van der Waals surface area contributed by atoms with Crippen molar-refractivity contribution in [3.63, 3.8) is 0 Å². The molecule has 3 N–H and O–H groups in total.